The van der Waals surface area contributed by atoms with E-state index in [1.54, 1.807) is 18.2 Å². The Morgan fingerprint density at radius 1 is 1.26 bits per heavy atom. The summed E-state index contributed by atoms with van der Waals surface area (Å²) in [7, 11) is 0. The fourth-order valence-electron chi connectivity index (χ4n) is 3.31. The number of rotatable bonds is 3. The average Bonchev–Trinajstić information content (AvgIpc) is 2.99. The summed E-state index contributed by atoms with van der Waals surface area (Å²) in [5.74, 6) is 2.71. The van der Waals surface area contributed by atoms with Crippen LogP contribution in [0.2, 0.25) is 0 Å². The molecule has 2 aliphatic rings. The third-order valence-electron chi connectivity index (χ3n) is 4.70. The van der Waals surface area contributed by atoms with Crippen LogP contribution in [0.25, 0.3) is 0 Å². The topological polar surface area (TPSA) is 59.9 Å². The quantitative estimate of drug-likeness (QED) is 0.867. The number of nitrogens with zero attached hydrogens (tertiary/aromatic N) is 1. The minimum Gasteiger partial charge on any atom is -0.454 e. The number of hydrogen-bond acceptors (Lipinski definition) is 4. The SMILES string of the molecule is CC(C)[C@@H]1CC[C@@H](C)CC1=NNC(=O)c1ccc2c(c1)OCO2. The van der Waals surface area contributed by atoms with E-state index in [9.17, 15) is 4.79 Å². The number of ether oxygens (including phenoxy) is 2. The van der Waals surface area contributed by atoms with Crippen LogP contribution in [-0.4, -0.2) is 18.4 Å². The molecule has 1 amide bonds. The lowest BCUT2D eigenvalue weighted by molar-refractivity contribution is 0.0953. The number of carbonyl (C=O) groups is 1. The Labute approximate surface area is 137 Å². The van der Waals surface area contributed by atoms with Gasteiger partial charge in [-0.1, -0.05) is 20.8 Å². The number of carbonyl (C=O) groups excluding carboxylic acids is 1. The molecule has 23 heavy (non-hydrogen) atoms. The highest BCUT2D eigenvalue weighted by Crippen LogP contribution is 2.33. The van der Waals surface area contributed by atoms with Crippen LogP contribution in [0.15, 0.2) is 23.3 Å². The first-order valence-electron chi connectivity index (χ1n) is 8.31. The van der Waals surface area contributed by atoms with Crippen molar-refractivity contribution in [1.29, 1.82) is 0 Å². The van der Waals surface area contributed by atoms with Gasteiger partial charge in [-0.15, -0.1) is 0 Å². The molecule has 0 saturated heterocycles. The van der Waals surface area contributed by atoms with Gasteiger partial charge in [0.1, 0.15) is 0 Å². The fourth-order valence-corrected chi connectivity index (χ4v) is 3.31. The molecule has 1 fully saturated rings. The zero-order valence-electron chi connectivity index (χ0n) is 14.0. The molecule has 0 unspecified atom stereocenters. The van der Waals surface area contributed by atoms with Crippen molar-refractivity contribution in [2.45, 2.75) is 40.0 Å². The Morgan fingerprint density at radius 3 is 2.83 bits per heavy atom. The summed E-state index contributed by atoms with van der Waals surface area (Å²) in [6.45, 7) is 6.88. The lowest BCUT2D eigenvalue weighted by Crippen LogP contribution is -2.31. The van der Waals surface area contributed by atoms with Crippen molar-refractivity contribution in [3.8, 4) is 11.5 Å². The molecule has 124 valence electrons. The highest BCUT2D eigenvalue weighted by Gasteiger charge is 2.27. The summed E-state index contributed by atoms with van der Waals surface area (Å²) in [6, 6.07) is 5.18. The smallest absolute Gasteiger partial charge is 0.271 e. The lowest BCUT2D eigenvalue weighted by atomic mass is 9.76. The summed E-state index contributed by atoms with van der Waals surface area (Å²) < 4.78 is 10.6. The van der Waals surface area contributed by atoms with E-state index in [2.05, 4.69) is 31.3 Å². The molecular formula is C18H24N2O3. The van der Waals surface area contributed by atoms with Crippen LogP contribution in [0.3, 0.4) is 0 Å². The maximum Gasteiger partial charge on any atom is 0.271 e. The van der Waals surface area contributed by atoms with Gasteiger partial charge in [-0.05, 0) is 49.3 Å². The Bertz CT molecular complexity index is 625. The van der Waals surface area contributed by atoms with E-state index in [4.69, 9.17) is 9.47 Å². The summed E-state index contributed by atoms with van der Waals surface area (Å²) in [6.07, 6.45) is 3.35. The second-order valence-corrected chi connectivity index (χ2v) is 6.85. The maximum atomic E-state index is 12.3. The van der Waals surface area contributed by atoms with E-state index in [0.29, 0.717) is 34.8 Å². The molecule has 0 radical (unpaired) electrons. The zero-order valence-corrected chi connectivity index (χ0v) is 14.0. The molecule has 5 nitrogen and oxygen atoms in total. The molecule has 1 aliphatic carbocycles. The van der Waals surface area contributed by atoms with E-state index in [1.807, 2.05) is 0 Å². The van der Waals surface area contributed by atoms with Crippen molar-refractivity contribution < 1.29 is 14.3 Å². The van der Waals surface area contributed by atoms with E-state index in [1.165, 1.54) is 6.42 Å². The van der Waals surface area contributed by atoms with Crippen LogP contribution in [-0.2, 0) is 0 Å². The predicted octanol–water partition coefficient (Wildman–Crippen LogP) is 3.59. The molecule has 5 heteroatoms. The Balaban J connectivity index is 1.71. The van der Waals surface area contributed by atoms with Gasteiger partial charge in [-0.25, -0.2) is 5.43 Å². The van der Waals surface area contributed by atoms with Crippen molar-refractivity contribution >= 4 is 11.6 Å². The van der Waals surface area contributed by atoms with Crippen LogP contribution in [0, 0.1) is 17.8 Å². The monoisotopic (exact) mass is 316 g/mol. The number of amides is 1. The fraction of sp³-hybridized carbons (Fsp3) is 0.556. The van der Waals surface area contributed by atoms with Crippen LogP contribution in [0.5, 0.6) is 11.5 Å². The molecular weight excluding hydrogens is 292 g/mol. The third kappa shape index (κ3) is 3.49. The number of hydrogen-bond donors (Lipinski definition) is 1. The molecule has 1 heterocycles. The Kier molecular flexibility index (Phi) is 4.55. The van der Waals surface area contributed by atoms with Crippen LogP contribution in [0.4, 0.5) is 0 Å². The van der Waals surface area contributed by atoms with E-state index in [-0.39, 0.29) is 12.7 Å². The molecule has 1 N–H and O–H groups in total. The van der Waals surface area contributed by atoms with Gasteiger partial charge in [0, 0.05) is 17.2 Å². The second kappa shape index (κ2) is 6.60. The lowest BCUT2D eigenvalue weighted by Gasteiger charge is -2.30. The third-order valence-corrected chi connectivity index (χ3v) is 4.70. The van der Waals surface area contributed by atoms with Crippen molar-refractivity contribution in [2.75, 3.05) is 6.79 Å². The summed E-state index contributed by atoms with van der Waals surface area (Å²) in [5.41, 5.74) is 4.37. The molecule has 0 bridgehead atoms. The van der Waals surface area contributed by atoms with Gasteiger partial charge in [-0.2, -0.15) is 5.10 Å². The van der Waals surface area contributed by atoms with Gasteiger partial charge in [0.05, 0.1) is 0 Å². The number of benzene rings is 1. The van der Waals surface area contributed by atoms with Crippen molar-refractivity contribution in [2.24, 2.45) is 22.9 Å². The summed E-state index contributed by atoms with van der Waals surface area (Å²) >= 11 is 0. The predicted molar refractivity (Wildman–Crippen MR) is 88.8 cm³/mol. The van der Waals surface area contributed by atoms with Gasteiger partial charge in [0.15, 0.2) is 11.5 Å². The number of hydrazone groups is 1. The second-order valence-electron chi connectivity index (χ2n) is 6.85. The molecule has 1 saturated carbocycles. The Hall–Kier alpha value is -2.04. The minimum atomic E-state index is -0.212. The average molecular weight is 316 g/mol. The van der Waals surface area contributed by atoms with Gasteiger partial charge in [0.2, 0.25) is 6.79 Å². The number of nitrogens with one attached hydrogen (secondary N) is 1. The van der Waals surface area contributed by atoms with Crippen molar-refractivity contribution in [1.82, 2.24) is 5.43 Å². The minimum absolute atomic E-state index is 0.205. The zero-order chi connectivity index (χ0) is 16.4. The maximum absolute atomic E-state index is 12.3. The summed E-state index contributed by atoms with van der Waals surface area (Å²) in [5, 5.41) is 4.45. The van der Waals surface area contributed by atoms with Gasteiger partial charge >= 0.3 is 0 Å². The number of fused-ring (bicyclic) bond motifs is 1. The normalized spacial score (nSPS) is 25.0. The molecule has 1 aromatic rings. The van der Waals surface area contributed by atoms with E-state index >= 15 is 0 Å². The molecule has 2 atom stereocenters. The molecule has 1 aromatic carbocycles. The van der Waals surface area contributed by atoms with Crippen LogP contribution < -0.4 is 14.9 Å². The molecule has 3 rings (SSSR count). The molecule has 0 spiro atoms. The summed E-state index contributed by atoms with van der Waals surface area (Å²) in [4.78, 5) is 12.3. The Morgan fingerprint density at radius 2 is 2.04 bits per heavy atom. The van der Waals surface area contributed by atoms with Gasteiger partial charge in [-0.3, -0.25) is 4.79 Å². The first-order valence-corrected chi connectivity index (χ1v) is 8.31. The van der Waals surface area contributed by atoms with Gasteiger partial charge < -0.3 is 9.47 Å². The highest BCUT2D eigenvalue weighted by molar-refractivity contribution is 5.96. The molecule has 0 aromatic heterocycles. The van der Waals surface area contributed by atoms with Crippen molar-refractivity contribution in [3.05, 3.63) is 23.8 Å². The van der Waals surface area contributed by atoms with Crippen LogP contribution in [0.1, 0.15) is 50.4 Å². The van der Waals surface area contributed by atoms with E-state index in [0.717, 1.165) is 18.6 Å². The standard InChI is InChI=1S/C18H24N2O3/c1-11(2)14-6-4-12(3)8-15(14)19-20-18(21)13-5-7-16-17(9-13)23-10-22-16/h5,7,9,11-12,14H,4,6,8,10H2,1-3H3,(H,20,21)/t12-,14+/m1/s1. The first kappa shape index (κ1) is 15.8. The van der Waals surface area contributed by atoms with Crippen molar-refractivity contribution in [3.63, 3.8) is 0 Å². The largest absolute Gasteiger partial charge is 0.454 e. The van der Waals surface area contributed by atoms with E-state index < -0.39 is 0 Å². The van der Waals surface area contributed by atoms with Crippen LogP contribution >= 0.6 is 0 Å². The highest BCUT2D eigenvalue weighted by atomic mass is 16.7. The van der Waals surface area contributed by atoms with Gasteiger partial charge in [0.25, 0.3) is 5.91 Å². The molecule has 1 aliphatic heterocycles. The first-order chi connectivity index (χ1) is 11.0.